The molecule has 0 heterocycles. The van der Waals surface area contributed by atoms with Crippen molar-refractivity contribution in [3.63, 3.8) is 0 Å². The lowest BCUT2D eigenvalue weighted by atomic mass is 10.0. The maximum atomic E-state index is 12.1. The van der Waals surface area contributed by atoms with Crippen LogP contribution in [0.4, 0.5) is 0 Å². The van der Waals surface area contributed by atoms with Gasteiger partial charge in [0.1, 0.15) is 13.6 Å². The second kappa shape index (κ2) is 41.3. The highest BCUT2D eigenvalue weighted by Crippen LogP contribution is 2.15. The van der Waals surface area contributed by atoms with Crippen LogP contribution in [0.25, 0.3) is 0 Å². The summed E-state index contributed by atoms with van der Waals surface area (Å²) >= 11 is 0. The number of carbonyl (C=O) groups excluding carboxylic acids is 1. The van der Waals surface area contributed by atoms with E-state index in [0.29, 0.717) is 12.2 Å². The molecule has 5 nitrogen and oxygen atoms in total. The molecule has 0 unspecified atom stereocenters. The molecular formula is C42H82O5. The summed E-state index contributed by atoms with van der Waals surface area (Å²) < 4.78 is 21.6. The summed E-state index contributed by atoms with van der Waals surface area (Å²) in [6.07, 6.45) is 43.2. The van der Waals surface area contributed by atoms with Crippen molar-refractivity contribution in [2.75, 3.05) is 33.4 Å². The van der Waals surface area contributed by atoms with Crippen LogP contribution in [-0.4, -0.2) is 39.4 Å². The highest BCUT2D eigenvalue weighted by molar-refractivity contribution is 5.87. The Hall–Kier alpha value is -0.910. The molecule has 0 aromatic rings. The molecule has 0 N–H and O–H groups in total. The third kappa shape index (κ3) is 39.4. The van der Waals surface area contributed by atoms with Gasteiger partial charge < -0.3 is 18.9 Å². The molecule has 47 heavy (non-hydrogen) atoms. The van der Waals surface area contributed by atoms with E-state index in [1.807, 2.05) is 0 Å². The number of ether oxygens (including phenoxy) is 4. The fourth-order valence-electron chi connectivity index (χ4n) is 6.10. The highest BCUT2D eigenvalue weighted by Gasteiger charge is 2.08. The lowest BCUT2D eigenvalue weighted by molar-refractivity contribution is -0.143. The Labute approximate surface area is 294 Å². The number of esters is 1. The van der Waals surface area contributed by atoms with E-state index in [9.17, 15) is 4.79 Å². The average Bonchev–Trinajstić information content (AvgIpc) is 3.08. The number of hydrogen-bond acceptors (Lipinski definition) is 5. The minimum absolute atomic E-state index is 0.0877. The zero-order chi connectivity index (χ0) is 34.1. The summed E-state index contributed by atoms with van der Waals surface area (Å²) in [7, 11) is 0. The first-order chi connectivity index (χ1) is 23.2. The minimum Gasteiger partial charge on any atom is -0.462 e. The van der Waals surface area contributed by atoms with Crippen molar-refractivity contribution < 1.29 is 23.7 Å². The standard InChI is InChI=1S/C42H82O5/c1-4-6-8-10-12-14-16-18-20-22-24-26-28-30-32-34-36-44-39-46-40-45-38-41(3)42(43)47-37-35-33-31-29-27-25-23-21-19-17-15-13-11-9-7-5-2/h3-40H2,1-2H3. The molecule has 0 aliphatic rings. The van der Waals surface area contributed by atoms with Crippen molar-refractivity contribution in [2.45, 2.75) is 219 Å². The van der Waals surface area contributed by atoms with E-state index >= 15 is 0 Å². The van der Waals surface area contributed by atoms with Crippen LogP contribution in [0.2, 0.25) is 0 Å². The zero-order valence-electron chi connectivity index (χ0n) is 31.9. The van der Waals surface area contributed by atoms with E-state index in [2.05, 4.69) is 20.4 Å². The van der Waals surface area contributed by atoms with Gasteiger partial charge in [-0.05, 0) is 12.8 Å². The second-order valence-corrected chi connectivity index (χ2v) is 14.0. The Bertz CT molecular complexity index is 622. The Morgan fingerprint density at radius 3 is 1.04 bits per heavy atom. The van der Waals surface area contributed by atoms with E-state index in [-0.39, 0.29) is 26.2 Å². The van der Waals surface area contributed by atoms with Gasteiger partial charge in [-0.2, -0.15) is 0 Å². The second-order valence-electron chi connectivity index (χ2n) is 14.0. The van der Waals surface area contributed by atoms with Gasteiger partial charge in [0.15, 0.2) is 0 Å². The van der Waals surface area contributed by atoms with E-state index in [1.54, 1.807) is 0 Å². The summed E-state index contributed by atoms with van der Waals surface area (Å²) in [6.45, 7) is 9.96. The normalized spacial score (nSPS) is 11.4. The molecule has 0 aliphatic heterocycles. The van der Waals surface area contributed by atoms with Crippen molar-refractivity contribution >= 4 is 5.97 Å². The van der Waals surface area contributed by atoms with Crippen LogP contribution in [0, 0.1) is 0 Å². The van der Waals surface area contributed by atoms with E-state index in [0.717, 1.165) is 25.9 Å². The number of carbonyl (C=O) groups is 1. The smallest absolute Gasteiger partial charge is 0.335 e. The maximum absolute atomic E-state index is 12.1. The van der Waals surface area contributed by atoms with Crippen LogP contribution in [-0.2, 0) is 23.7 Å². The summed E-state index contributed by atoms with van der Waals surface area (Å²) in [5, 5.41) is 0. The number of rotatable bonds is 41. The fourth-order valence-corrected chi connectivity index (χ4v) is 6.10. The van der Waals surface area contributed by atoms with E-state index in [4.69, 9.17) is 18.9 Å². The highest BCUT2D eigenvalue weighted by atomic mass is 16.7. The summed E-state index contributed by atoms with van der Waals surface area (Å²) in [6, 6.07) is 0. The molecule has 0 fully saturated rings. The molecule has 0 aromatic carbocycles. The Balaban J connectivity index is 3.25. The van der Waals surface area contributed by atoms with Crippen LogP contribution in [0.1, 0.15) is 219 Å². The van der Waals surface area contributed by atoms with Gasteiger partial charge in [0, 0.05) is 6.61 Å². The van der Waals surface area contributed by atoms with Crippen LogP contribution in [0.15, 0.2) is 12.2 Å². The third-order valence-electron chi connectivity index (χ3n) is 9.27. The number of unbranched alkanes of at least 4 members (excludes halogenated alkanes) is 30. The predicted molar refractivity (Wildman–Crippen MR) is 202 cm³/mol. The minimum atomic E-state index is -0.370. The zero-order valence-corrected chi connectivity index (χ0v) is 31.9. The molecule has 0 saturated carbocycles. The van der Waals surface area contributed by atoms with Crippen LogP contribution >= 0.6 is 0 Å². The van der Waals surface area contributed by atoms with E-state index in [1.165, 1.54) is 186 Å². The molecule has 0 spiro atoms. The van der Waals surface area contributed by atoms with Gasteiger partial charge in [0.25, 0.3) is 0 Å². The maximum Gasteiger partial charge on any atom is 0.335 e. The van der Waals surface area contributed by atoms with Crippen molar-refractivity contribution in [3.05, 3.63) is 12.2 Å². The Morgan fingerprint density at radius 1 is 0.383 bits per heavy atom. The number of hydrogen-bond donors (Lipinski definition) is 0. The van der Waals surface area contributed by atoms with E-state index < -0.39 is 0 Å². The van der Waals surface area contributed by atoms with Crippen molar-refractivity contribution in [2.24, 2.45) is 0 Å². The first-order valence-corrected chi connectivity index (χ1v) is 20.8. The topological polar surface area (TPSA) is 54.0 Å². The molecule has 0 atom stereocenters. The SMILES string of the molecule is C=C(COCOCOCCCCCCCCCCCCCCCCCC)C(=O)OCCCCCCCCCCCCCCCCCC. The third-order valence-corrected chi connectivity index (χ3v) is 9.27. The molecule has 0 amide bonds. The first-order valence-electron chi connectivity index (χ1n) is 20.8. The molecule has 0 aliphatic carbocycles. The fraction of sp³-hybridized carbons (Fsp3) is 0.929. The van der Waals surface area contributed by atoms with Crippen molar-refractivity contribution in [3.8, 4) is 0 Å². The summed E-state index contributed by atoms with van der Waals surface area (Å²) in [4.78, 5) is 12.1. The summed E-state index contributed by atoms with van der Waals surface area (Å²) in [5.74, 6) is -0.370. The molecule has 280 valence electrons. The molecule has 0 aromatic heterocycles. The molecule has 0 saturated heterocycles. The Morgan fingerprint density at radius 2 is 0.681 bits per heavy atom. The lowest BCUT2D eigenvalue weighted by Gasteiger charge is -2.09. The summed E-state index contributed by atoms with van der Waals surface area (Å²) in [5.41, 5.74) is 0.333. The quantitative estimate of drug-likeness (QED) is 0.0281. The molecular weight excluding hydrogens is 584 g/mol. The monoisotopic (exact) mass is 667 g/mol. The largest absolute Gasteiger partial charge is 0.462 e. The molecule has 5 heteroatoms. The first kappa shape index (κ1) is 46.1. The average molecular weight is 667 g/mol. The van der Waals surface area contributed by atoms with Gasteiger partial charge in [-0.15, -0.1) is 0 Å². The van der Waals surface area contributed by atoms with Gasteiger partial charge in [0.05, 0.1) is 18.8 Å². The van der Waals surface area contributed by atoms with Crippen LogP contribution in [0.5, 0.6) is 0 Å². The predicted octanol–water partition coefficient (Wildman–Crippen LogP) is 13.6. The molecule has 0 rings (SSSR count). The van der Waals surface area contributed by atoms with Gasteiger partial charge in [-0.1, -0.05) is 213 Å². The lowest BCUT2D eigenvalue weighted by Crippen LogP contribution is -2.14. The van der Waals surface area contributed by atoms with Crippen LogP contribution in [0.3, 0.4) is 0 Å². The Kier molecular flexibility index (Phi) is 40.5. The van der Waals surface area contributed by atoms with Crippen molar-refractivity contribution in [1.82, 2.24) is 0 Å². The van der Waals surface area contributed by atoms with Crippen molar-refractivity contribution in [1.29, 1.82) is 0 Å². The van der Waals surface area contributed by atoms with Gasteiger partial charge >= 0.3 is 5.97 Å². The van der Waals surface area contributed by atoms with Gasteiger partial charge in [-0.3, -0.25) is 0 Å². The van der Waals surface area contributed by atoms with Crippen LogP contribution < -0.4 is 0 Å². The molecule has 0 radical (unpaired) electrons. The molecule has 0 bridgehead atoms. The van der Waals surface area contributed by atoms with Gasteiger partial charge in [-0.25, -0.2) is 4.79 Å². The van der Waals surface area contributed by atoms with Gasteiger partial charge in [0.2, 0.25) is 0 Å².